The van der Waals surface area contributed by atoms with Crippen LogP contribution in [0.2, 0.25) is 0 Å². The number of alkyl halides is 2. The van der Waals surface area contributed by atoms with E-state index in [0.29, 0.717) is 5.56 Å². The molecule has 0 unspecified atom stereocenters. The quantitative estimate of drug-likeness (QED) is 0.644. The monoisotopic (exact) mass is 374 g/mol. The molecule has 0 radical (unpaired) electrons. The molecular formula is C19H16F2N2O2S. The van der Waals surface area contributed by atoms with Crippen molar-refractivity contribution in [3.8, 4) is 5.75 Å². The summed E-state index contributed by atoms with van der Waals surface area (Å²) in [6.45, 7) is 0.839. The zero-order valence-corrected chi connectivity index (χ0v) is 14.9. The lowest BCUT2D eigenvalue weighted by Gasteiger charge is -2.19. The van der Waals surface area contributed by atoms with Crippen LogP contribution in [0.3, 0.4) is 0 Å². The summed E-state index contributed by atoms with van der Waals surface area (Å²) in [5.41, 5.74) is 3.09. The summed E-state index contributed by atoms with van der Waals surface area (Å²) in [6.07, 6.45) is 1.46. The van der Waals surface area contributed by atoms with Gasteiger partial charge >= 0.3 is 6.61 Å². The molecule has 1 amide bonds. The molecule has 0 aliphatic carbocycles. The Kier molecular flexibility index (Phi) is 4.99. The van der Waals surface area contributed by atoms with Crippen LogP contribution in [-0.4, -0.2) is 17.6 Å². The van der Waals surface area contributed by atoms with Crippen LogP contribution in [0.15, 0.2) is 48.2 Å². The largest absolute Gasteiger partial charge is 0.434 e. The number of amides is 1. The number of nitrogens with zero attached hydrogens (tertiary/aromatic N) is 1. The third kappa shape index (κ3) is 3.43. The Morgan fingerprint density at radius 3 is 2.42 bits per heavy atom. The predicted octanol–water partition coefficient (Wildman–Crippen LogP) is 4.17. The van der Waals surface area contributed by atoms with Crippen LogP contribution in [0, 0.1) is 13.8 Å². The Balaban J connectivity index is 1.99. The Morgan fingerprint density at radius 1 is 1.12 bits per heavy atom. The number of carbonyl (C=O) groups excluding carboxylic acids is 1. The van der Waals surface area contributed by atoms with E-state index >= 15 is 0 Å². The van der Waals surface area contributed by atoms with E-state index in [1.807, 2.05) is 32.0 Å². The molecule has 0 aromatic heterocycles. The number of rotatable bonds is 4. The van der Waals surface area contributed by atoms with Gasteiger partial charge in [0, 0.05) is 5.56 Å². The summed E-state index contributed by atoms with van der Waals surface area (Å²) in [4.78, 5) is 14.3. The maximum atomic E-state index is 12.9. The molecule has 0 atom stereocenters. The Morgan fingerprint density at radius 2 is 1.77 bits per heavy atom. The fourth-order valence-corrected chi connectivity index (χ4v) is 3.14. The van der Waals surface area contributed by atoms with Crippen molar-refractivity contribution < 1.29 is 18.3 Å². The number of para-hydroxylation sites is 2. The van der Waals surface area contributed by atoms with Crippen LogP contribution in [0.1, 0.15) is 16.7 Å². The number of benzene rings is 2. The topological polar surface area (TPSA) is 41.6 Å². The van der Waals surface area contributed by atoms with Gasteiger partial charge in [0.05, 0.1) is 5.69 Å². The average molecular weight is 374 g/mol. The van der Waals surface area contributed by atoms with Crippen molar-refractivity contribution in [1.82, 2.24) is 5.32 Å². The predicted molar refractivity (Wildman–Crippen MR) is 100 cm³/mol. The van der Waals surface area contributed by atoms with Gasteiger partial charge in [-0.2, -0.15) is 8.78 Å². The van der Waals surface area contributed by atoms with Crippen molar-refractivity contribution in [3.63, 3.8) is 0 Å². The molecule has 0 spiro atoms. The molecular weight excluding hydrogens is 358 g/mol. The lowest BCUT2D eigenvalue weighted by molar-refractivity contribution is -0.113. The van der Waals surface area contributed by atoms with Gasteiger partial charge in [-0.05, 0) is 49.3 Å². The second kappa shape index (κ2) is 7.21. The van der Waals surface area contributed by atoms with Gasteiger partial charge in [-0.15, -0.1) is 0 Å². The Labute approximate surface area is 155 Å². The molecule has 1 saturated heterocycles. The van der Waals surface area contributed by atoms with E-state index in [9.17, 15) is 13.6 Å². The van der Waals surface area contributed by atoms with Gasteiger partial charge in [-0.1, -0.05) is 36.4 Å². The Hall–Kier alpha value is -2.80. The number of anilines is 1. The highest BCUT2D eigenvalue weighted by Gasteiger charge is 2.33. The fourth-order valence-electron chi connectivity index (χ4n) is 2.86. The maximum Gasteiger partial charge on any atom is 0.387 e. The molecule has 7 heteroatoms. The van der Waals surface area contributed by atoms with Crippen LogP contribution < -0.4 is 15.0 Å². The molecule has 0 bridgehead atoms. The molecule has 1 aliphatic heterocycles. The summed E-state index contributed by atoms with van der Waals surface area (Å²) < 4.78 is 29.6. The number of hydrogen-bond acceptors (Lipinski definition) is 3. The number of hydrogen-bond donors (Lipinski definition) is 1. The minimum Gasteiger partial charge on any atom is -0.434 e. The summed E-state index contributed by atoms with van der Waals surface area (Å²) in [7, 11) is 0. The van der Waals surface area contributed by atoms with Crippen molar-refractivity contribution in [1.29, 1.82) is 0 Å². The summed E-state index contributed by atoms with van der Waals surface area (Å²) in [5.74, 6) is -0.361. The van der Waals surface area contributed by atoms with Crippen LogP contribution >= 0.6 is 12.2 Å². The van der Waals surface area contributed by atoms with Crippen LogP contribution in [0.5, 0.6) is 5.75 Å². The first-order valence-corrected chi connectivity index (χ1v) is 8.26. The summed E-state index contributed by atoms with van der Waals surface area (Å²) in [6, 6.07) is 11.9. The van der Waals surface area contributed by atoms with Gasteiger partial charge in [-0.25, -0.2) is 0 Å². The molecule has 1 aliphatic rings. The first-order chi connectivity index (χ1) is 12.4. The third-order valence-corrected chi connectivity index (χ3v) is 4.26. The molecule has 134 valence electrons. The summed E-state index contributed by atoms with van der Waals surface area (Å²) in [5, 5.41) is 3.10. The minimum atomic E-state index is -2.95. The van der Waals surface area contributed by atoms with Gasteiger partial charge < -0.3 is 10.1 Å². The van der Waals surface area contributed by atoms with Crippen LogP contribution in [0.4, 0.5) is 14.5 Å². The van der Waals surface area contributed by atoms with Gasteiger partial charge in [0.15, 0.2) is 5.11 Å². The molecule has 1 heterocycles. The van der Waals surface area contributed by atoms with Crippen molar-refractivity contribution in [2.75, 3.05) is 4.90 Å². The smallest absolute Gasteiger partial charge is 0.387 e. The highest BCUT2D eigenvalue weighted by molar-refractivity contribution is 7.80. The summed E-state index contributed by atoms with van der Waals surface area (Å²) >= 11 is 5.32. The average Bonchev–Trinajstić information content (AvgIpc) is 2.84. The van der Waals surface area contributed by atoms with Crippen LogP contribution in [-0.2, 0) is 4.79 Å². The van der Waals surface area contributed by atoms with Gasteiger partial charge in [0.25, 0.3) is 5.91 Å². The third-order valence-electron chi connectivity index (χ3n) is 3.98. The van der Waals surface area contributed by atoms with Crippen molar-refractivity contribution in [2.45, 2.75) is 20.5 Å². The van der Waals surface area contributed by atoms with Crippen molar-refractivity contribution in [2.24, 2.45) is 0 Å². The van der Waals surface area contributed by atoms with E-state index in [4.69, 9.17) is 12.2 Å². The van der Waals surface area contributed by atoms with Gasteiger partial charge in [-0.3, -0.25) is 9.69 Å². The van der Waals surface area contributed by atoms with E-state index in [2.05, 4.69) is 10.1 Å². The SMILES string of the molecule is Cc1cccc(C)c1N1C(=O)/C(=C\c2ccccc2OC(F)F)NC1=S. The normalized spacial score (nSPS) is 15.7. The Bertz CT molecular complexity index is 892. The number of nitrogens with one attached hydrogen (secondary N) is 1. The second-order valence-electron chi connectivity index (χ2n) is 5.79. The van der Waals surface area contributed by atoms with E-state index in [0.717, 1.165) is 16.8 Å². The number of carbonyl (C=O) groups is 1. The van der Waals surface area contributed by atoms with Gasteiger partial charge in [0.2, 0.25) is 0 Å². The van der Waals surface area contributed by atoms with E-state index in [1.54, 1.807) is 18.2 Å². The molecule has 2 aromatic carbocycles. The highest BCUT2D eigenvalue weighted by atomic mass is 32.1. The first kappa shape index (κ1) is 18.0. The van der Waals surface area contributed by atoms with Crippen molar-refractivity contribution in [3.05, 3.63) is 64.9 Å². The van der Waals surface area contributed by atoms with Crippen LogP contribution in [0.25, 0.3) is 6.08 Å². The molecule has 26 heavy (non-hydrogen) atoms. The number of ether oxygens (including phenoxy) is 1. The lowest BCUT2D eigenvalue weighted by atomic mass is 10.1. The molecule has 1 N–H and O–H groups in total. The molecule has 0 saturated carbocycles. The highest BCUT2D eigenvalue weighted by Crippen LogP contribution is 2.30. The molecule has 1 fully saturated rings. The number of halogens is 2. The zero-order valence-electron chi connectivity index (χ0n) is 14.1. The zero-order chi connectivity index (χ0) is 18.8. The van der Waals surface area contributed by atoms with E-state index < -0.39 is 6.61 Å². The fraction of sp³-hybridized carbons (Fsp3) is 0.158. The van der Waals surface area contributed by atoms with E-state index in [1.165, 1.54) is 17.0 Å². The molecule has 2 aromatic rings. The second-order valence-corrected chi connectivity index (χ2v) is 6.17. The first-order valence-electron chi connectivity index (χ1n) is 7.85. The number of aryl methyl sites for hydroxylation is 2. The maximum absolute atomic E-state index is 12.9. The molecule has 3 rings (SSSR count). The van der Waals surface area contributed by atoms with Gasteiger partial charge in [0.1, 0.15) is 11.4 Å². The lowest BCUT2D eigenvalue weighted by Crippen LogP contribution is -2.31. The van der Waals surface area contributed by atoms with E-state index in [-0.39, 0.29) is 22.5 Å². The number of thiocarbonyl (C=S) groups is 1. The molecule has 4 nitrogen and oxygen atoms in total. The van der Waals surface area contributed by atoms with Crippen molar-refractivity contribution >= 4 is 35.0 Å². The standard InChI is InChI=1S/C19H16F2N2O2S/c1-11-6-5-7-12(2)16(11)23-17(24)14(22-19(23)26)10-13-8-3-4-9-15(13)25-18(20)21/h3-10,18H,1-2H3,(H,22,26)/b14-10+. The minimum absolute atomic E-state index is 0.0129.